The number of nitrogens with zero attached hydrogens (tertiary/aromatic N) is 1. The molecule has 0 bridgehead atoms. The lowest BCUT2D eigenvalue weighted by Crippen LogP contribution is -2.29. The number of rotatable bonds is 4. The van der Waals surface area contributed by atoms with Crippen LogP contribution < -0.4 is 5.32 Å². The molecule has 0 amide bonds. The molecule has 0 spiro atoms. The van der Waals surface area contributed by atoms with E-state index in [-0.39, 0.29) is 0 Å². The second-order valence-electron chi connectivity index (χ2n) is 6.42. The number of benzene rings is 1. The molecule has 1 N–H and O–H groups in total. The van der Waals surface area contributed by atoms with Gasteiger partial charge in [-0.2, -0.15) is 0 Å². The molecule has 1 aromatic carbocycles. The molecule has 0 fully saturated rings. The Morgan fingerprint density at radius 1 is 1.16 bits per heavy atom. The first-order chi connectivity index (χ1) is 8.98. The first kappa shape index (κ1) is 14.0. The molecule has 0 radical (unpaired) electrons. The highest BCUT2D eigenvalue weighted by Crippen LogP contribution is 2.24. The summed E-state index contributed by atoms with van der Waals surface area (Å²) in [4.78, 5) is 4.32. The molecule has 2 aromatic rings. The Balaban J connectivity index is 2.03. The van der Waals surface area contributed by atoms with Gasteiger partial charge in [0.05, 0.1) is 0 Å². The molecule has 2 nitrogen and oxygen atoms in total. The van der Waals surface area contributed by atoms with Crippen LogP contribution in [0.3, 0.4) is 0 Å². The van der Waals surface area contributed by atoms with Crippen LogP contribution in [-0.4, -0.2) is 11.5 Å². The lowest BCUT2D eigenvalue weighted by Gasteiger charge is -2.27. The van der Waals surface area contributed by atoms with Crippen LogP contribution in [0.1, 0.15) is 33.3 Å². The van der Waals surface area contributed by atoms with Gasteiger partial charge in [0, 0.05) is 24.3 Å². The highest BCUT2D eigenvalue weighted by Gasteiger charge is 2.19. The Morgan fingerprint density at radius 3 is 2.63 bits per heavy atom. The number of nitrogens with one attached hydrogen (secondary N) is 1. The molecule has 0 aliphatic rings. The molecule has 1 heterocycles. The average molecular weight is 256 g/mol. The maximum absolute atomic E-state index is 4.32. The minimum Gasteiger partial charge on any atom is -0.312 e. The monoisotopic (exact) mass is 256 g/mol. The predicted octanol–water partition coefficient (Wildman–Crippen LogP) is 4.01. The quantitative estimate of drug-likeness (QED) is 0.894. The second-order valence-corrected chi connectivity index (χ2v) is 6.42. The molecule has 2 rings (SSSR count). The maximum atomic E-state index is 4.32. The van der Waals surface area contributed by atoms with Crippen molar-refractivity contribution >= 4 is 10.8 Å². The summed E-state index contributed by atoms with van der Waals surface area (Å²) in [7, 11) is 0. The van der Waals surface area contributed by atoms with Crippen LogP contribution >= 0.6 is 0 Å². The van der Waals surface area contributed by atoms with Gasteiger partial charge in [-0.3, -0.25) is 4.98 Å². The van der Waals surface area contributed by atoms with E-state index >= 15 is 0 Å². The van der Waals surface area contributed by atoms with Crippen molar-refractivity contribution in [2.75, 3.05) is 6.54 Å². The minimum atomic E-state index is 0.351. The number of hydrogen-bond donors (Lipinski definition) is 1. The van der Waals surface area contributed by atoms with Crippen LogP contribution in [0.4, 0.5) is 0 Å². The standard InChI is InChI=1S/C17H24N2/c1-13(17(2,3)4)9-18-11-15-12-19-10-14-7-5-6-8-16(14)15/h5-8,10,12-13,18H,9,11H2,1-4H3. The van der Waals surface area contributed by atoms with E-state index in [2.05, 4.69) is 62.3 Å². The lowest BCUT2D eigenvalue weighted by atomic mass is 9.82. The minimum absolute atomic E-state index is 0.351. The zero-order valence-corrected chi connectivity index (χ0v) is 12.4. The van der Waals surface area contributed by atoms with Crippen molar-refractivity contribution in [3.05, 3.63) is 42.2 Å². The van der Waals surface area contributed by atoms with Gasteiger partial charge in [0.15, 0.2) is 0 Å². The normalized spacial score (nSPS) is 13.7. The summed E-state index contributed by atoms with van der Waals surface area (Å²) in [6, 6.07) is 8.43. The van der Waals surface area contributed by atoms with Crippen LogP contribution in [0, 0.1) is 11.3 Å². The van der Waals surface area contributed by atoms with Crippen molar-refractivity contribution in [1.82, 2.24) is 10.3 Å². The molecule has 1 atom stereocenters. The van der Waals surface area contributed by atoms with Gasteiger partial charge in [0.25, 0.3) is 0 Å². The first-order valence-corrected chi connectivity index (χ1v) is 7.01. The summed E-state index contributed by atoms with van der Waals surface area (Å²) < 4.78 is 0. The van der Waals surface area contributed by atoms with E-state index in [1.807, 2.05) is 12.4 Å². The Kier molecular flexibility index (Phi) is 4.20. The topological polar surface area (TPSA) is 24.9 Å². The Hall–Kier alpha value is -1.41. The van der Waals surface area contributed by atoms with Gasteiger partial charge < -0.3 is 5.32 Å². The number of fused-ring (bicyclic) bond motifs is 1. The van der Waals surface area contributed by atoms with E-state index in [9.17, 15) is 0 Å². The Morgan fingerprint density at radius 2 is 1.89 bits per heavy atom. The third-order valence-corrected chi connectivity index (χ3v) is 4.00. The molecule has 102 valence electrons. The molecule has 1 aromatic heterocycles. The number of pyridine rings is 1. The van der Waals surface area contributed by atoms with Gasteiger partial charge >= 0.3 is 0 Å². The van der Waals surface area contributed by atoms with Crippen LogP contribution in [0.5, 0.6) is 0 Å². The fourth-order valence-corrected chi connectivity index (χ4v) is 2.05. The van der Waals surface area contributed by atoms with E-state index in [0.29, 0.717) is 11.3 Å². The van der Waals surface area contributed by atoms with Crippen molar-refractivity contribution < 1.29 is 0 Å². The largest absolute Gasteiger partial charge is 0.312 e. The summed E-state index contributed by atoms with van der Waals surface area (Å²) in [5.74, 6) is 0.649. The van der Waals surface area contributed by atoms with Crippen molar-refractivity contribution in [3.8, 4) is 0 Å². The fourth-order valence-electron chi connectivity index (χ4n) is 2.05. The van der Waals surface area contributed by atoms with Crippen LogP contribution in [-0.2, 0) is 6.54 Å². The third-order valence-electron chi connectivity index (χ3n) is 4.00. The summed E-state index contributed by atoms with van der Waals surface area (Å²) in [6.45, 7) is 11.1. The Labute approximate surface area is 116 Å². The summed E-state index contributed by atoms with van der Waals surface area (Å²) in [6.07, 6.45) is 3.90. The van der Waals surface area contributed by atoms with E-state index in [0.717, 1.165) is 13.1 Å². The number of hydrogen-bond acceptors (Lipinski definition) is 2. The van der Waals surface area contributed by atoms with E-state index in [4.69, 9.17) is 0 Å². The van der Waals surface area contributed by atoms with Crippen molar-refractivity contribution in [2.24, 2.45) is 11.3 Å². The van der Waals surface area contributed by atoms with E-state index in [1.165, 1.54) is 16.3 Å². The van der Waals surface area contributed by atoms with Gasteiger partial charge in [-0.05, 0) is 28.8 Å². The number of aromatic nitrogens is 1. The summed E-state index contributed by atoms with van der Waals surface area (Å²) in [5, 5.41) is 6.07. The molecule has 19 heavy (non-hydrogen) atoms. The summed E-state index contributed by atoms with van der Waals surface area (Å²) in [5.41, 5.74) is 1.63. The van der Waals surface area contributed by atoms with Gasteiger partial charge in [0.1, 0.15) is 0 Å². The summed E-state index contributed by atoms with van der Waals surface area (Å²) >= 11 is 0. The first-order valence-electron chi connectivity index (χ1n) is 7.01. The SMILES string of the molecule is CC(CNCc1cncc2ccccc12)C(C)(C)C. The molecule has 0 aliphatic heterocycles. The van der Waals surface area contributed by atoms with Gasteiger partial charge in [-0.25, -0.2) is 0 Å². The van der Waals surface area contributed by atoms with Crippen LogP contribution in [0.2, 0.25) is 0 Å². The van der Waals surface area contributed by atoms with Crippen molar-refractivity contribution in [1.29, 1.82) is 0 Å². The molecule has 0 saturated carbocycles. The average Bonchev–Trinajstić information content (AvgIpc) is 2.38. The smallest absolute Gasteiger partial charge is 0.0346 e. The van der Waals surface area contributed by atoms with Gasteiger partial charge in [-0.15, -0.1) is 0 Å². The molecule has 0 aliphatic carbocycles. The van der Waals surface area contributed by atoms with Crippen molar-refractivity contribution in [3.63, 3.8) is 0 Å². The van der Waals surface area contributed by atoms with E-state index in [1.54, 1.807) is 0 Å². The highest BCUT2D eigenvalue weighted by molar-refractivity contribution is 5.84. The highest BCUT2D eigenvalue weighted by atomic mass is 14.9. The molecular formula is C17H24N2. The van der Waals surface area contributed by atoms with Crippen LogP contribution in [0.15, 0.2) is 36.7 Å². The van der Waals surface area contributed by atoms with E-state index < -0.39 is 0 Å². The van der Waals surface area contributed by atoms with Gasteiger partial charge in [-0.1, -0.05) is 52.0 Å². The maximum Gasteiger partial charge on any atom is 0.0346 e. The zero-order valence-electron chi connectivity index (χ0n) is 12.4. The fraction of sp³-hybridized carbons (Fsp3) is 0.471. The molecular weight excluding hydrogens is 232 g/mol. The third kappa shape index (κ3) is 3.54. The predicted molar refractivity (Wildman–Crippen MR) is 82.1 cm³/mol. The second kappa shape index (κ2) is 5.70. The lowest BCUT2D eigenvalue weighted by molar-refractivity contribution is 0.252. The zero-order chi connectivity index (χ0) is 13.9. The molecule has 0 saturated heterocycles. The Bertz CT molecular complexity index is 535. The molecule has 1 unspecified atom stereocenters. The van der Waals surface area contributed by atoms with Crippen LogP contribution in [0.25, 0.3) is 10.8 Å². The molecule has 2 heteroatoms. The van der Waals surface area contributed by atoms with Gasteiger partial charge in [0.2, 0.25) is 0 Å². The van der Waals surface area contributed by atoms with Crippen molar-refractivity contribution in [2.45, 2.75) is 34.2 Å².